The van der Waals surface area contributed by atoms with Crippen LogP contribution in [0.4, 0.5) is 14.5 Å². The molecule has 1 amide bonds. The molecule has 0 bridgehead atoms. The zero-order valence-corrected chi connectivity index (χ0v) is 22.0. The summed E-state index contributed by atoms with van der Waals surface area (Å²) < 4.78 is 44.5. The molecule has 0 aromatic heterocycles. The predicted octanol–water partition coefficient (Wildman–Crippen LogP) is 4.36. The molecule has 2 aromatic carbocycles. The van der Waals surface area contributed by atoms with Crippen LogP contribution in [0.3, 0.4) is 0 Å². The van der Waals surface area contributed by atoms with Crippen LogP contribution in [-0.4, -0.2) is 63.5 Å². The molecule has 1 spiro atoms. The van der Waals surface area contributed by atoms with Gasteiger partial charge < -0.3 is 15.2 Å². The average Bonchev–Trinajstić information content (AvgIpc) is 3.13. The van der Waals surface area contributed by atoms with E-state index in [4.69, 9.17) is 4.74 Å². The maximum atomic E-state index is 13.3. The molecule has 1 saturated heterocycles. The smallest absolute Gasteiger partial charge is 0.263 e. The molecule has 3 aliphatic rings. The van der Waals surface area contributed by atoms with Gasteiger partial charge in [0.1, 0.15) is 12.4 Å². The highest BCUT2D eigenvalue weighted by Gasteiger charge is 2.51. The number of hydrogen-bond acceptors (Lipinski definition) is 5. The molecule has 5 rings (SSSR count). The van der Waals surface area contributed by atoms with Gasteiger partial charge in [0.25, 0.3) is 6.43 Å². The number of benzene rings is 2. The fourth-order valence-electron chi connectivity index (χ4n) is 6.25. The number of hydrogen-bond donors (Lipinski definition) is 2. The normalized spacial score (nSPS) is 26.4. The molecule has 2 fully saturated rings. The third-order valence-corrected chi connectivity index (χ3v) is 10.6. The zero-order chi connectivity index (χ0) is 26.4. The molecule has 0 radical (unpaired) electrons. The second kappa shape index (κ2) is 10.1. The van der Waals surface area contributed by atoms with E-state index in [0.717, 1.165) is 11.3 Å². The van der Waals surface area contributed by atoms with Crippen molar-refractivity contribution in [2.45, 2.75) is 61.2 Å². The van der Waals surface area contributed by atoms with E-state index in [1.54, 1.807) is 12.3 Å². The number of carbonyl (C=O) groups excluding carboxylic acids is 1. The third kappa shape index (κ3) is 4.70. The monoisotopic (exact) mass is 532 g/mol. The summed E-state index contributed by atoms with van der Waals surface area (Å²) in [6, 6.07) is 12.3. The Hall–Kier alpha value is -2.36. The number of alkyl halides is 2. The minimum absolute atomic E-state index is 0.0470. The molecular weight excluding hydrogens is 498 g/mol. The summed E-state index contributed by atoms with van der Waals surface area (Å²) in [4.78, 5) is 15.1. The topological polar surface area (TPSA) is 78.9 Å². The van der Waals surface area contributed by atoms with Crippen molar-refractivity contribution in [2.75, 3.05) is 37.8 Å². The maximum absolute atomic E-state index is 13.3. The van der Waals surface area contributed by atoms with Crippen molar-refractivity contribution in [3.05, 3.63) is 59.2 Å². The standard InChI is InChI=1S/C28H34F2N2O4S/c1-18(28(37(2)35)16-21(33)17-28)19-3-6-22(7-4-19)36-14-13-32-11-9-27(10-12-32)23-15-20(25(29)30)5-8-24(23)31-26(27)34/h3-8,15,18,21,25,33H,9-14,16-17H2,1-2H3,(H,31,34)/t18-,21?,28?,37?/m1/s1. The van der Waals surface area contributed by atoms with Gasteiger partial charge in [-0.25, -0.2) is 8.78 Å². The van der Waals surface area contributed by atoms with E-state index in [-0.39, 0.29) is 28.2 Å². The van der Waals surface area contributed by atoms with Crippen molar-refractivity contribution in [2.24, 2.45) is 0 Å². The van der Waals surface area contributed by atoms with E-state index in [9.17, 15) is 22.9 Å². The SMILES string of the molecule is C[C@H](c1ccc(OCCN2CCC3(CC2)C(=O)Nc2ccc(C(F)F)cc23)cc1)C1(S(C)=O)CC(O)C1. The van der Waals surface area contributed by atoms with Crippen LogP contribution in [0.15, 0.2) is 42.5 Å². The molecule has 2 atom stereocenters. The molecule has 6 nitrogen and oxygen atoms in total. The largest absolute Gasteiger partial charge is 0.492 e. The second-order valence-electron chi connectivity index (χ2n) is 10.7. The van der Waals surface area contributed by atoms with E-state index < -0.39 is 22.6 Å². The summed E-state index contributed by atoms with van der Waals surface area (Å²) in [6.07, 6.45) is 1.09. The minimum Gasteiger partial charge on any atom is -0.492 e. The van der Waals surface area contributed by atoms with Crippen molar-refractivity contribution in [1.29, 1.82) is 0 Å². The van der Waals surface area contributed by atoms with Crippen LogP contribution >= 0.6 is 0 Å². The Labute approximate surface area is 218 Å². The van der Waals surface area contributed by atoms with Crippen molar-refractivity contribution in [3.8, 4) is 5.75 Å². The Balaban J connectivity index is 1.14. The second-order valence-corrected chi connectivity index (χ2v) is 12.4. The van der Waals surface area contributed by atoms with Crippen LogP contribution in [0.2, 0.25) is 0 Å². The molecule has 1 aliphatic carbocycles. The number of fused-ring (bicyclic) bond motifs is 2. The lowest BCUT2D eigenvalue weighted by Gasteiger charge is -2.48. The van der Waals surface area contributed by atoms with Crippen molar-refractivity contribution in [1.82, 2.24) is 4.90 Å². The van der Waals surface area contributed by atoms with Gasteiger partial charge in [0.2, 0.25) is 5.91 Å². The Kier molecular flexibility index (Phi) is 7.15. The van der Waals surface area contributed by atoms with Gasteiger partial charge in [0, 0.05) is 34.9 Å². The fourth-order valence-corrected chi connectivity index (χ4v) is 7.73. The number of nitrogens with one attached hydrogen (secondary N) is 1. The molecular formula is C28H34F2N2O4S. The number of piperidine rings is 1. The molecule has 200 valence electrons. The van der Waals surface area contributed by atoms with Gasteiger partial charge >= 0.3 is 0 Å². The van der Waals surface area contributed by atoms with Crippen LogP contribution in [-0.2, 0) is 21.0 Å². The van der Waals surface area contributed by atoms with E-state index in [1.165, 1.54) is 12.1 Å². The summed E-state index contributed by atoms with van der Waals surface area (Å²) in [6.45, 7) is 4.65. The van der Waals surface area contributed by atoms with Crippen molar-refractivity contribution < 1.29 is 27.6 Å². The van der Waals surface area contributed by atoms with Gasteiger partial charge in [-0.3, -0.25) is 13.9 Å². The van der Waals surface area contributed by atoms with Crippen molar-refractivity contribution >= 4 is 22.4 Å². The highest BCUT2D eigenvalue weighted by atomic mass is 32.2. The Morgan fingerprint density at radius 2 is 1.78 bits per heavy atom. The number of rotatable bonds is 8. The quantitative estimate of drug-likeness (QED) is 0.528. The molecule has 37 heavy (non-hydrogen) atoms. The minimum atomic E-state index is -2.56. The number of halogens is 2. The fraction of sp³-hybridized carbons (Fsp3) is 0.536. The Bertz CT molecular complexity index is 1180. The van der Waals surface area contributed by atoms with E-state index in [1.807, 2.05) is 24.3 Å². The first-order chi connectivity index (χ1) is 17.6. The summed E-state index contributed by atoms with van der Waals surface area (Å²) in [5.74, 6) is 0.740. The van der Waals surface area contributed by atoms with Gasteiger partial charge in [-0.1, -0.05) is 25.1 Å². The average molecular weight is 533 g/mol. The van der Waals surface area contributed by atoms with Crippen LogP contribution in [0.25, 0.3) is 0 Å². The maximum Gasteiger partial charge on any atom is 0.263 e. The lowest BCUT2D eigenvalue weighted by Crippen LogP contribution is -2.53. The molecule has 1 unspecified atom stereocenters. The number of likely N-dealkylation sites (tertiary alicyclic amines) is 1. The van der Waals surface area contributed by atoms with Crippen molar-refractivity contribution in [3.63, 3.8) is 0 Å². The van der Waals surface area contributed by atoms with Gasteiger partial charge in [0.15, 0.2) is 0 Å². The number of aliphatic hydroxyl groups excluding tert-OH is 1. The zero-order valence-electron chi connectivity index (χ0n) is 21.2. The number of anilines is 1. The highest BCUT2D eigenvalue weighted by molar-refractivity contribution is 7.85. The lowest BCUT2D eigenvalue weighted by molar-refractivity contribution is -0.122. The Morgan fingerprint density at radius 3 is 2.38 bits per heavy atom. The number of amides is 1. The first kappa shape index (κ1) is 26.3. The van der Waals surface area contributed by atoms with Crippen LogP contribution in [0.1, 0.15) is 61.6 Å². The number of carbonyl (C=O) groups is 1. The molecule has 2 N–H and O–H groups in total. The Morgan fingerprint density at radius 1 is 1.14 bits per heavy atom. The number of nitrogens with zero attached hydrogens (tertiary/aromatic N) is 1. The predicted molar refractivity (Wildman–Crippen MR) is 140 cm³/mol. The van der Waals surface area contributed by atoms with Crippen LogP contribution < -0.4 is 10.1 Å². The third-order valence-electron chi connectivity index (χ3n) is 8.78. The summed E-state index contributed by atoms with van der Waals surface area (Å²) in [5.41, 5.74) is 1.65. The highest BCUT2D eigenvalue weighted by Crippen LogP contribution is 2.48. The first-order valence-corrected chi connectivity index (χ1v) is 14.4. The summed E-state index contributed by atoms with van der Waals surface area (Å²) in [7, 11) is -1.02. The van der Waals surface area contributed by atoms with E-state index in [0.29, 0.717) is 63.2 Å². The van der Waals surface area contributed by atoms with Gasteiger partial charge in [-0.2, -0.15) is 0 Å². The van der Waals surface area contributed by atoms with Gasteiger partial charge in [0.05, 0.1) is 16.3 Å². The van der Waals surface area contributed by atoms with Crippen LogP contribution in [0, 0.1) is 0 Å². The van der Waals surface area contributed by atoms with Gasteiger partial charge in [-0.05, 0) is 80.1 Å². The van der Waals surface area contributed by atoms with Crippen LogP contribution in [0.5, 0.6) is 5.75 Å². The summed E-state index contributed by atoms with van der Waals surface area (Å²) in [5, 5.41) is 12.7. The van der Waals surface area contributed by atoms with E-state index in [2.05, 4.69) is 17.1 Å². The molecule has 2 aromatic rings. The lowest BCUT2D eigenvalue weighted by atomic mass is 9.71. The van der Waals surface area contributed by atoms with Gasteiger partial charge in [-0.15, -0.1) is 0 Å². The number of aliphatic hydroxyl groups is 1. The van der Waals surface area contributed by atoms with E-state index >= 15 is 0 Å². The number of ether oxygens (including phenoxy) is 1. The molecule has 9 heteroatoms. The molecule has 1 saturated carbocycles. The summed E-state index contributed by atoms with van der Waals surface area (Å²) >= 11 is 0. The molecule has 2 heterocycles. The first-order valence-electron chi connectivity index (χ1n) is 12.9. The molecule has 2 aliphatic heterocycles.